The second-order valence-electron chi connectivity index (χ2n) is 10.1. The molecule has 2 aromatic carbocycles. The standard InChI is InChI=1S/C31H29F6N5O2/c1-3-4-7-26(42-12-10-27(41-42)31(35,36)37)30(44)40-25(15-18-13-20(32)17-21(33)14-18)28-22(6-5-11-39-28)19-8-9-24(34)23(16-19)29(43)38-2/h5-6,8-14,16-17,25-26H,3-4,7,15H2,1-2H3,(H,38,43)(H,40,44)/t25-,26-/m0/s1. The van der Waals surface area contributed by atoms with Gasteiger partial charge in [-0.25, -0.2) is 13.2 Å². The molecular weight excluding hydrogens is 588 g/mol. The zero-order valence-corrected chi connectivity index (χ0v) is 23.8. The number of rotatable bonds is 11. The first kappa shape index (κ1) is 32.2. The van der Waals surface area contributed by atoms with E-state index in [2.05, 4.69) is 20.7 Å². The van der Waals surface area contributed by atoms with Gasteiger partial charge < -0.3 is 10.6 Å². The Kier molecular flexibility index (Phi) is 10.1. The number of aromatic nitrogens is 3. The molecule has 13 heteroatoms. The largest absolute Gasteiger partial charge is 0.435 e. The van der Waals surface area contributed by atoms with Crippen LogP contribution in [0.1, 0.15) is 65.6 Å². The van der Waals surface area contributed by atoms with E-state index in [-0.39, 0.29) is 29.7 Å². The normalized spacial score (nSPS) is 12.9. The Balaban J connectivity index is 1.79. The first-order valence-electron chi connectivity index (χ1n) is 13.8. The van der Waals surface area contributed by atoms with Gasteiger partial charge in [0.05, 0.1) is 17.3 Å². The van der Waals surface area contributed by atoms with Crippen LogP contribution in [-0.2, 0) is 17.4 Å². The monoisotopic (exact) mass is 617 g/mol. The maximum Gasteiger partial charge on any atom is 0.435 e. The second-order valence-corrected chi connectivity index (χ2v) is 10.1. The highest BCUT2D eigenvalue weighted by Gasteiger charge is 2.35. The molecule has 0 aliphatic carbocycles. The fourth-order valence-corrected chi connectivity index (χ4v) is 4.83. The van der Waals surface area contributed by atoms with E-state index in [0.29, 0.717) is 30.0 Å². The molecule has 0 saturated carbocycles. The van der Waals surface area contributed by atoms with Gasteiger partial charge in [0.15, 0.2) is 5.69 Å². The molecule has 44 heavy (non-hydrogen) atoms. The molecule has 0 unspecified atom stereocenters. The molecule has 0 radical (unpaired) electrons. The Hall–Kier alpha value is -4.68. The number of carbonyl (C=O) groups excluding carboxylic acids is 2. The maximum atomic E-state index is 14.5. The molecule has 2 amide bonds. The topological polar surface area (TPSA) is 88.9 Å². The Morgan fingerprint density at radius 2 is 1.73 bits per heavy atom. The van der Waals surface area contributed by atoms with E-state index < -0.39 is 53.2 Å². The van der Waals surface area contributed by atoms with Gasteiger partial charge in [-0.1, -0.05) is 31.9 Å². The molecule has 0 bridgehead atoms. The minimum atomic E-state index is -4.72. The summed E-state index contributed by atoms with van der Waals surface area (Å²) >= 11 is 0. The summed E-state index contributed by atoms with van der Waals surface area (Å²) in [5, 5.41) is 8.76. The van der Waals surface area contributed by atoms with E-state index in [1.165, 1.54) is 25.4 Å². The van der Waals surface area contributed by atoms with Crippen molar-refractivity contribution in [2.75, 3.05) is 7.05 Å². The number of hydrogen-bond acceptors (Lipinski definition) is 4. The first-order chi connectivity index (χ1) is 20.9. The van der Waals surface area contributed by atoms with Crippen molar-refractivity contribution in [1.29, 1.82) is 0 Å². The number of hydrogen-bond donors (Lipinski definition) is 2. The Morgan fingerprint density at radius 3 is 2.36 bits per heavy atom. The summed E-state index contributed by atoms with van der Waals surface area (Å²) in [7, 11) is 1.35. The van der Waals surface area contributed by atoms with Crippen LogP contribution in [-0.4, -0.2) is 33.6 Å². The van der Waals surface area contributed by atoms with E-state index in [9.17, 15) is 35.9 Å². The van der Waals surface area contributed by atoms with Gasteiger partial charge in [0, 0.05) is 31.1 Å². The van der Waals surface area contributed by atoms with Gasteiger partial charge in [-0.15, -0.1) is 0 Å². The number of pyridine rings is 1. The third-order valence-corrected chi connectivity index (χ3v) is 6.95. The summed E-state index contributed by atoms with van der Waals surface area (Å²) in [5.74, 6) is -3.84. The number of nitrogens with one attached hydrogen (secondary N) is 2. The summed E-state index contributed by atoms with van der Waals surface area (Å²) < 4.78 is 83.6. The fourth-order valence-electron chi connectivity index (χ4n) is 4.83. The quantitative estimate of drug-likeness (QED) is 0.186. The third-order valence-electron chi connectivity index (χ3n) is 6.95. The Morgan fingerprint density at radius 1 is 1.00 bits per heavy atom. The summed E-state index contributed by atoms with van der Waals surface area (Å²) in [6.45, 7) is 1.86. The predicted octanol–water partition coefficient (Wildman–Crippen LogP) is 6.57. The van der Waals surface area contributed by atoms with E-state index >= 15 is 0 Å². The lowest BCUT2D eigenvalue weighted by Gasteiger charge is -2.25. The van der Waals surface area contributed by atoms with Crippen molar-refractivity contribution in [3.63, 3.8) is 0 Å². The molecule has 0 spiro atoms. The highest BCUT2D eigenvalue weighted by atomic mass is 19.4. The highest BCUT2D eigenvalue weighted by molar-refractivity contribution is 5.95. The molecule has 2 aromatic heterocycles. The summed E-state index contributed by atoms with van der Waals surface area (Å²) in [6.07, 6.45) is -1.09. The van der Waals surface area contributed by atoms with E-state index in [1.807, 2.05) is 6.92 Å². The molecule has 0 fully saturated rings. The van der Waals surface area contributed by atoms with Gasteiger partial charge in [-0.2, -0.15) is 18.3 Å². The van der Waals surface area contributed by atoms with Crippen LogP contribution in [0.4, 0.5) is 26.3 Å². The minimum Gasteiger partial charge on any atom is -0.355 e. The van der Waals surface area contributed by atoms with Crippen molar-refractivity contribution < 1.29 is 35.9 Å². The number of nitrogens with zero attached hydrogens (tertiary/aromatic N) is 3. The molecule has 4 rings (SSSR count). The van der Waals surface area contributed by atoms with E-state index in [4.69, 9.17) is 0 Å². The predicted molar refractivity (Wildman–Crippen MR) is 150 cm³/mol. The molecule has 2 N–H and O–H groups in total. The van der Waals surface area contributed by atoms with Crippen molar-refractivity contribution in [2.45, 2.75) is 50.9 Å². The average Bonchev–Trinajstić information content (AvgIpc) is 3.47. The molecule has 7 nitrogen and oxygen atoms in total. The average molecular weight is 618 g/mol. The Labute approximate surface area is 249 Å². The van der Waals surface area contributed by atoms with Crippen molar-refractivity contribution in [1.82, 2.24) is 25.4 Å². The van der Waals surface area contributed by atoms with Gasteiger partial charge in [-0.3, -0.25) is 19.3 Å². The minimum absolute atomic E-state index is 0.158. The first-order valence-corrected chi connectivity index (χ1v) is 13.8. The van der Waals surface area contributed by atoms with E-state index in [0.717, 1.165) is 35.1 Å². The molecule has 232 valence electrons. The van der Waals surface area contributed by atoms with Crippen LogP contribution in [0, 0.1) is 17.5 Å². The number of amides is 2. The number of benzene rings is 2. The molecule has 4 aromatic rings. The van der Waals surface area contributed by atoms with Crippen molar-refractivity contribution in [2.24, 2.45) is 0 Å². The summed E-state index contributed by atoms with van der Waals surface area (Å²) in [4.78, 5) is 30.5. The Bertz CT molecular complexity index is 1620. The van der Waals surface area contributed by atoms with Gasteiger partial charge in [-0.05, 0) is 60.4 Å². The lowest BCUT2D eigenvalue weighted by molar-refractivity contribution is -0.142. The van der Waals surface area contributed by atoms with Gasteiger partial charge in [0.2, 0.25) is 5.91 Å². The van der Waals surface area contributed by atoms with Crippen LogP contribution >= 0.6 is 0 Å². The van der Waals surface area contributed by atoms with Crippen LogP contribution < -0.4 is 10.6 Å². The van der Waals surface area contributed by atoms with Crippen LogP contribution in [0.3, 0.4) is 0 Å². The van der Waals surface area contributed by atoms with Gasteiger partial charge in [0.25, 0.3) is 5.91 Å². The third kappa shape index (κ3) is 7.63. The fraction of sp³-hybridized carbons (Fsp3) is 0.290. The highest BCUT2D eigenvalue weighted by Crippen LogP contribution is 2.32. The molecule has 2 heterocycles. The lowest BCUT2D eigenvalue weighted by atomic mass is 9.94. The van der Waals surface area contributed by atoms with Crippen molar-refractivity contribution in [3.8, 4) is 11.1 Å². The number of alkyl halides is 3. The smallest absolute Gasteiger partial charge is 0.355 e. The molecular formula is C31H29F6N5O2. The van der Waals surface area contributed by atoms with Crippen molar-refractivity contribution >= 4 is 11.8 Å². The number of carbonyl (C=O) groups is 2. The lowest BCUT2D eigenvalue weighted by Crippen LogP contribution is -2.37. The summed E-state index contributed by atoms with van der Waals surface area (Å²) in [5.41, 5.74) is -0.283. The van der Waals surface area contributed by atoms with Crippen LogP contribution in [0.2, 0.25) is 0 Å². The van der Waals surface area contributed by atoms with Crippen LogP contribution in [0.15, 0.2) is 67.0 Å². The molecule has 2 atom stereocenters. The zero-order chi connectivity index (χ0) is 32.0. The zero-order valence-electron chi connectivity index (χ0n) is 23.8. The van der Waals surface area contributed by atoms with Gasteiger partial charge >= 0.3 is 6.18 Å². The molecule has 0 saturated heterocycles. The molecule has 0 aliphatic rings. The van der Waals surface area contributed by atoms with Crippen molar-refractivity contribution in [3.05, 3.63) is 107 Å². The van der Waals surface area contributed by atoms with Gasteiger partial charge in [0.1, 0.15) is 23.5 Å². The van der Waals surface area contributed by atoms with E-state index in [1.54, 1.807) is 12.1 Å². The maximum absolute atomic E-state index is 14.5. The molecule has 0 aliphatic heterocycles. The number of halogens is 6. The number of unbranched alkanes of at least 4 members (excludes halogenated alkanes) is 1. The summed E-state index contributed by atoms with van der Waals surface area (Å²) in [6, 6.07) is 8.45. The SMILES string of the molecule is CCCC[C@@H](C(=O)N[C@@H](Cc1cc(F)cc(F)c1)c1ncccc1-c1ccc(F)c(C(=O)NC)c1)n1ccc(C(F)(F)F)n1. The van der Waals surface area contributed by atoms with Crippen LogP contribution in [0.5, 0.6) is 0 Å². The van der Waals surface area contributed by atoms with Crippen LogP contribution in [0.25, 0.3) is 11.1 Å². The second kappa shape index (κ2) is 13.7.